The standard InChI is InChI=1S/C22H24N4O3S/c1-3-29-22(28)19-16-9-10-26(12-15-7-5-4-6-8-15)13-18(16)30-21(19)25-14(2)17(11-23)20(24)27/h4-8,25H,3,9-10,12-13H2,1-2H3,(H2,24,27). The number of nitrogens with one attached hydrogen (secondary N) is 1. The predicted octanol–water partition coefficient (Wildman–Crippen LogP) is 3.18. The minimum atomic E-state index is -0.810. The van der Waals surface area contributed by atoms with Gasteiger partial charge in [0.25, 0.3) is 5.91 Å². The fourth-order valence-corrected chi connectivity index (χ4v) is 4.83. The van der Waals surface area contributed by atoms with Gasteiger partial charge in [-0.2, -0.15) is 5.26 Å². The van der Waals surface area contributed by atoms with Crippen LogP contribution in [-0.2, 0) is 29.0 Å². The van der Waals surface area contributed by atoms with Gasteiger partial charge in [0.1, 0.15) is 16.6 Å². The summed E-state index contributed by atoms with van der Waals surface area (Å²) in [6.07, 6.45) is 0.720. The summed E-state index contributed by atoms with van der Waals surface area (Å²) in [6, 6.07) is 12.1. The number of nitrogens with zero attached hydrogens (tertiary/aromatic N) is 2. The van der Waals surface area contributed by atoms with Crippen LogP contribution < -0.4 is 11.1 Å². The summed E-state index contributed by atoms with van der Waals surface area (Å²) in [5.41, 5.74) is 8.12. The molecule has 1 aliphatic heterocycles. The van der Waals surface area contributed by atoms with E-state index in [1.54, 1.807) is 13.8 Å². The molecule has 3 rings (SSSR count). The Labute approximate surface area is 179 Å². The van der Waals surface area contributed by atoms with Gasteiger partial charge >= 0.3 is 5.97 Å². The van der Waals surface area contributed by atoms with Crippen molar-refractivity contribution in [2.24, 2.45) is 5.73 Å². The Morgan fingerprint density at radius 2 is 2.07 bits per heavy atom. The van der Waals surface area contributed by atoms with Gasteiger partial charge in [0.15, 0.2) is 0 Å². The number of hydrogen-bond donors (Lipinski definition) is 2. The summed E-state index contributed by atoms with van der Waals surface area (Å²) < 4.78 is 5.27. The molecule has 0 saturated carbocycles. The molecule has 3 N–H and O–H groups in total. The molecular formula is C22H24N4O3S. The summed E-state index contributed by atoms with van der Waals surface area (Å²) in [5.74, 6) is -1.21. The molecule has 8 heteroatoms. The smallest absolute Gasteiger partial charge is 0.341 e. The van der Waals surface area contributed by atoms with Gasteiger partial charge < -0.3 is 15.8 Å². The molecule has 0 fully saturated rings. The minimum absolute atomic E-state index is 0.165. The molecular weight excluding hydrogens is 400 g/mol. The van der Waals surface area contributed by atoms with Crippen LogP contribution in [0.4, 0.5) is 5.00 Å². The third kappa shape index (κ3) is 4.70. The van der Waals surface area contributed by atoms with E-state index in [-0.39, 0.29) is 12.2 Å². The van der Waals surface area contributed by atoms with Crippen LogP contribution in [0, 0.1) is 11.3 Å². The Morgan fingerprint density at radius 3 is 2.70 bits per heavy atom. The summed E-state index contributed by atoms with van der Waals surface area (Å²) >= 11 is 1.45. The van der Waals surface area contributed by atoms with Crippen molar-refractivity contribution in [3.8, 4) is 6.07 Å². The Morgan fingerprint density at radius 1 is 1.33 bits per heavy atom. The largest absolute Gasteiger partial charge is 0.462 e. The number of nitriles is 1. The van der Waals surface area contributed by atoms with Crippen molar-refractivity contribution in [2.45, 2.75) is 33.4 Å². The minimum Gasteiger partial charge on any atom is -0.462 e. The molecule has 0 spiro atoms. The highest BCUT2D eigenvalue weighted by atomic mass is 32.1. The second-order valence-electron chi connectivity index (χ2n) is 6.98. The lowest BCUT2D eigenvalue weighted by Gasteiger charge is -2.27. The molecule has 1 aromatic carbocycles. The SMILES string of the molecule is CCOC(=O)c1c(NC(C)=C(C#N)C(N)=O)sc2c1CCN(Cc1ccccc1)C2. The van der Waals surface area contributed by atoms with E-state index in [9.17, 15) is 14.9 Å². The number of hydrogen-bond acceptors (Lipinski definition) is 7. The second kappa shape index (κ2) is 9.57. The normalized spacial score (nSPS) is 14.3. The van der Waals surface area contributed by atoms with Gasteiger partial charge in [-0.3, -0.25) is 9.69 Å². The van der Waals surface area contributed by atoms with Crippen LogP contribution in [0.25, 0.3) is 0 Å². The molecule has 0 bridgehead atoms. The third-order valence-corrected chi connectivity index (χ3v) is 6.03. The molecule has 0 aliphatic carbocycles. The Kier molecular flexibility index (Phi) is 6.87. The summed E-state index contributed by atoms with van der Waals surface area (Å²) in [6.45, 7) is 5.99. The molecule has 0 atom stereocenters. The summed E-state index contributed by atoms with van der Waals surface area (Å²) in [7, 11) is 0. The maximum atomic E-state index is 12.7. The number of rotatable bonds is 7. The number of benzene rings is 1. The van der Waals surface area contributed by atoms with Crippen LogP contribution in [0.15, 0.2) is 41.6 Å². The van der Waals surface area contributed by atoms with Crippen LogP contribution in [-0.4, -0.2) is 29.9 Å². The first-order valence-electron chi connectivity index (χ1n) is 9.70. The van der Waals surface area contributed by atoms with Crippen molar-refractivity contribution in [3.63, 3.8) is 0 Å². The number of primary amides is 1. The number of carbonyl (C=O) groups is 2. The first kappa shape index (κ1) is 21.6. The molecule has 2 heterocycles. The highest BCUT2D eigenvalue weighted by Gasteiger charge is 2.29. The molecule has 30 heavy (non-hydrogen) atoms. The highest BCUT2D eigenvalue weighted by molar-refractivity contribution is 7.16. The van der Waals surface area contributed by atoms with E-state index >= 15 is 0 Å². The summed E-state index contributed by atoms with van der Waals surface area (Å²) in [5, 5.41) is 12.8. The molecule has 1 aromatic heterocycles. The van der Waals surface area contributed by atoms with Crippen LogP contribution in [0.3, 0.4) is 0 Å². The van der Waals surface area contributed by atoms with E-state index in [1.807, 2.05) is 24.3 Å². The average molecular weight is 425 g/mol. The van der Waals surface area contributed by atoms with Crippen molar-refractivity contribution in [1.29, 1.82) is 5.26 Å². The fraction of sp³-hybridized carbons (Fsp3) is 0.318. The number of ether oxygens (including phenoxy) is 1. The van der Waals surface area contributed by atoms with Crippen molar-refractivity contribution in [2.75, 3.05) is 18.5 Å². The van der Waals surface area contributed by atoms with E-state index in [4.69, 9.17) is 10.5 Å². The lowest BCUT2D eigenvalue weighted by atomic mass is 10.0. The maximum Gasteiger partial charge on any atom is 0.341 e. The zero-order chi connectivity index (χ0) is 21.7. The van der Waals surface area contributed by atoms with Crippen molar-refractivity contribution in [3.05, 3.63) is 63.2 Å². The van der Waals surface area contributed by atoms with Gasteiger partial charge in [0.2, 0.25) is 0 Å². The van der Waals surface area contributed by atoms with Gasteiger partial charge in [0.05, 0.1) is 12.2 Å². The number of esters is 1. The van der Waals surface area contributed by atoms with E-state index in [2.05, 4.69) is 22.3 Å². The zero-order valence-corrected chi connectivity index (χ0v) is 17.8. The molecule has 0 saturated heterocycles. The molecule has 2 aromatic rings. The number of thiophene rings is 1. The van der Waals surface area contributed by atoms with Crippen molar-refractivity contribution < 1.29 is 14.3 Å². The van der Waals surface area contributed by atoms with Crippen LogP contribution in [0.5, 0.6) is 0 Å². The van der Waals surface area contributed by atoms with Crippen LogP contribution in [0.2, 0.25) is 0 Å². The topological polar surface area (TPSA) is 108 Å². The first-order valence-corrected chi connectivity index (χ1v) is 10.5. The first-order chi connectivity index (χ1) is 14.4. The van der Waals surface area contributed by atoms with Crippen molar-refractivity contribution >= 4 is 28.2 Å². The van der Waals surface area contributed by atoms with Gasteiger partial charge in [-0.25, -0.2) is 4.79 Å². The highest BCUT2D eigenvalue weighted by Crippen LogP contribution is 2.38. The van der Waals surface area contributed by atoms with Crippen LogP contribution in [0.1, 0.15) is 40.2 Å². The van der Waals surface area contributed by atoms with Crippen molar-refractivity contribution in [1.82, 2.24) is 4.90 Å². The molecule has 0 radical (unpaired) electrons. The van der Waals surface area contributed by atoms with Gasteiger partial charge in [-0.1, -0.05) is 30.3 Å². The average Bonchev–Trinajstić information content (AvgIpc) is 3.06. The van der Waals surface area contributed by atoms with E-state index < -0.39 is 11.9 Å². The van der Waals surface area contributed by atoms with Gasteiger partial charge in [0, 0.05) is 30.2 Å². The zero-order valence-electron chi connectivity index (χ0n) is 17.0. The Hall–Kier alpha value is -3.15. The Bertz CT molecular complexity index is 1020. The molecule has 1 amide bonds. The maximum absolute atomic E-state index is 12.7. The predicted molar refractivity (Wildman–Crippen MR) is 116 cm³/mol. The number of amides is 1. The number of allylic oxidation sites excluding steroid dienone is 1. The lowest BCUT2D eigenvalue weighted by molar-refractivity contribution is -0.114. The fourth-order valence-electron chi connectivity index (χ4n) is 3.50. The van der Waals surface area contributed by atoms with Gasteiger partial charge in [-0.05, 0) is 31.4 Å². The third-order valence-electron chi connectivity index (χ3n) is 4.90. The molecule has 156 valence electrons. The Balaban J connectivity index is 1.92. The van der Waals surface area contributed by atoms with Gasteiger partial charge in [-0.15, -0.1) is 11.3 Å². The second-order valence-corrected chi connectivity index (χ2v) is 8.08. The van der Waals surface area contributed by atoms with E-state index in [0.29, 0.717) is 22.8 Å². The van der Waals surface area contributed by atoms with Crippen LogP contribution >= 0.6 is 11.3 Å². The summed E-state index contributed by atoms with van der Waals surface area (Å²) in [4.78, 5) is 27.6. The van der Waals surface area contributed by atoms with E-state index in [0.717, 1.165) is 30.0 Å². The monoisotopic (exact) mass is 424 g/mol. The lowest BCUT2D eigenvalue weighted by Crippen LogP contribution is -2.29. The number of anilines is 1. The number of fused-ring (bicyclic) bond motifs is 1. The number of nitrogens with two attached hydrogens (primary N) is 1. The number of carbonyl (C=O) groups excluding carboxylic acids is 2. The van der Waals surface area contributed by atoms with E-state index in [1.165, 1.54) is 16.9 Å². The molecule has 1 aliphatic rings. The molecule has 0 unspecified atom stereocenters. The molecule has 7 nitrogen and oxygen atoms in total. The quantitative estimate of drug-likeness (QED) is 0.401.